The Kier molecular flexibility index (Phi) is 5.16. The smallest absolute Gasteiger partial charge is 0.227 e. The number of anilines is 3. The summed E-state index contributed by atoms with van der Waals surface area (Å²) in [5.41, 5.74) is 0. The predicted molar refractivity (Wildman–Crippen MR) is 103 cm³/mol. The molecule has 0 radical (unpaired) electrons. The third-order valence-corrected chi connectivity index (χ3v) is 5.98. The van der Waals surface area contributed by atoms with Gasteiger partial charge in [0.05, 0.1) is 13.2 Å². The molecule has 0 aromatic carbocycles. The Bertz CT molecular complexity index is 725. The molecule has 2 aromatic heterocycles. The van der Waals surface area contributed by atoms with Crippen molar-refractivity contribution in [2.75, 3.05) is 61.1 Å². The van der Waals surface area contributed by atoms with Gasteiger partial charge in [0.25, 0.3) is 0 Å². The van der Waals surface area contributed by atoms with Crippen molar-refractivity contribution in [1.29, 1.82) is 0 Å². The number of morpholine rings is 1. The molecule has 26 heavy (non-hydrogen) atoms. The zero-order valence-corrected chi connectivity index (χ0v) is 16.2. The van der Waals surface area contributed by atoms with Gasteiger partial charge >= 0.3 is 0 Å². The van der Waals surface area contributed by atoms with Gasteiger partial charge in [-0.05, 0) is 25.8 Å². The fourth-order valence-corrected chi connectivity index (χ4v) is 4.24. The fraction of sp³-hybridized carbons (Fsp3) is 0.647. The molecule has 0 N–H and O–H groups in total. The standard InChI is InChI=1S/C17H25N7OS/c1-13-20-21-17(26-13)24-7-4-14(5-8-24)22(2)15-3-6-18-16(19-15)23-9-11-25-12-10-23/h3,6,14H,4-5,7-12H2,1-2H3. The third-order valence-electron chi connectivity index (χ3n) is 5.08. The van der Waals surface area contributed by atoms with Gasteiger partial charge in [0.1, 0.15) is 10.8 Å². The minimum atomic E-state index is 0.479. The number of hydrogen-bond donors (Lipinski definition) is 0. The summed E-state index contributed by atoms with van der Waals surface area (Å²) in [6.07, 6.45) is 4.04. The molecule has 4 heterocycles. The van der Waals surface area contributed by atoms with Crippen LogP contribution < -0.4 is 14.7 Å². The lowest BCUT2D eigenvalue weighted by Crippen LogP contribution is -2.44. The van der Waals surface area contributed by atoms with E-state index in [2.05, 4.69) is 36.9 Å². The van der Waals surface area contributed by atoms with Crippen molar-refractivity contribution in [1.82, 2.24) is 20.2 Å². The minimum Gasteiger partial charge on any atom is -0.378 e. The molecule has 2 saturated heterocycles. The molecule has 0 atom stereocenters. The summed E-state index contributed by atoms with van der Waals surface area (Å²) in [7, 11) is 2.14. The lowest BCUT2D eigenvalue weighted by Gasteiger charge is -2.37. The Labute approximate surface area is 157 Å². The van der Waals surface area contributed by atoms with E-state index in [1.807, 2.05) is 19.2 Å². The Morgan fingerprint density at radius 1 is 1.12 bits per heavy atom. The van der Waals surface area contributed by atoms with Gasteiger partial charge in [0, 0.05) is 45.5 Å². The van der Waals surface area contributed by atoms with Gasteiger partial charge in [-0.3, -0.25) is 0 Å². The van der Waals surface area contributed by atoms with Gasteiger partial charge in [0.2, 0.25) is 11.1 Å². The summed E-state index contributed by atoms with van der Waals surface area (Å²) in [5.74, 6) is 1.80. The summed E-state index contributed by atoms with van der Waals surface area (Å²) < 4.78 is 5.42. The average molecular weight is 376 g/mol. The Morgan fingerprint density at radius 2 is 1.88 bits per heavy atom. The maximum absolute atomic E-state index is 5.42. The number of hydrogen-bond acceptors (Lipinski definition) is 9. The molecule has 2 aliphatic rings. The van der Waals surface area contributed by atoms with Crippen molar-refractivity contribution in [2.24, 2.45) is 0 Å². The molecule has 0 saturated carbocycles. The molecule has 2 aromatic rings. The quantitative estimate of drug-likeness (QED) is 0.798. The number of ether oxygens (including phenoxy) is 1. The summed E-state index contributed by atoms with van der Waals surface area (Å²) in [6, 6.07) is 2.48. The van der Waals surface area contributed by atoms with Crippen LogP contribution in [0.15, 0.2) is 12.3 Å². The van der Waals surface area contributed by atoms with Crippen molar-refractivity contribution in [3.05, 3.63) is 17.3 Å². The van der Waals surface area contributed by atoms with Crippen LogP contribution >= 0.6 is 11.3 Å². The lowest BCUT2D eigenvalue weighted by molar-refractivity contribution is 0.122. The second-order valence-corrected chi connectivity index (χ2v) is 7.91. The average Bonchev–Trinajstić information content (AvgIpc) is 3.15. The molecule has 140 valence electrons. The van der Waals surface area contributed by atoms with Gasteiger partial charge in [-0.2, -0.15) is 4.98 Å². The van der Waals surface area contributed by atoms with Crippen molar-refractivity contribution < 1.29 is 4.74 Å². The van der Waals surface area contributed by atoms with E-state index < -0.39 is 0 Å². The van der Waals surface area contributed by atoms with Crippen LogP contribution in [0.4, 0.5) is 16.9 Å². The van der Waals surface area contributed by atoms with E-state index in [9.17, 15) is 0 Å². The fourth-order valence-electron chi connectivity index (χ4n) is 3.50. The minimum absolute atomic E-state index is 0.479. The zero-order chi connectivity index (χ0) is 17.9. The van der Waals surface area contributed by atoms with Crippen molar-refractivity contribution >= 4 is 28.2 Å². The molecule has 0 aliphatic carbocycles. The van der Waals surface area contributed by atoms with Gasteiger partial charge in [-0.15, -0.1) is 10.2 Å². The first-order valence-corrected chi connectivity index (χ1v) is 9.96. The van der Waals surface area contributed by atoms with Crippen LogP contribution in [0.2, 0.25) is 0 Å². The van der Waals surface area contributed by atoms with Gasteiger partial charge in [-0.1, -0.05) is 11.3 Å². The van der Waals surface area contributed by atoms with Gasteiger partial charge in [-0.25, -0.2) is 4.98 Å². The van der Waals surface area contributed by atoms with E-state index in [0.29, 0.717) is 6.04 Å². The first kappa shape index (κ1) is 17.4. The topological polar surface area (TPSA) is 70.5 Å². The highest BCUT2D eigenvalue weighted by atomic mass is 32.1. The van der Waals surface area contributed by atoms with Crippen LogP contribution in [0.25, 0.3) is 0 Å². The lowest BCUT2D eigenvalue weighted by atomic mass is 10.0. The first-order valence-electron chi connectivity index (χ1n) is 9.14. The first-order chi connectivity index (χ1) is 12.7. The highest BCUT2D eigenvalue weighted by molar-refractivity contribution is 7.15. The Hall–Kier alpha value is -2.00. The predicted octanol–water partition coefficient (Wildman–Crippen LogP) is 1.58. The van der Waals surface area contributed by atoms with E-state index in [0.717, 1.165) is 74.1 Å². The molecule has 2 fully saturated rings. The van der Waals surface area contributed by atoms with Crippen LogP contribution in [0.5, 0.6) is 0 Å². The van der Waals surface area contributed by atoms with Crippen LogP contribution in [-0.4, -0.2) is 72.6 Å². The molecular weight excluding hydrogens is 350 g/mol. The Morgan fingerprint density at radius 3 is 2.58 bits per heavy atom. The van der Waals surface area contributed by atoms with Gasteiger partial charge < -0.3 is 19.4 Å². The second-order valence-electron chi connectivity index (χ2n) is 6.75. The van der Waals surface area contributed by atoms with E-state index in [1.54, 1.807) is 11.3 Å². The normalized spacial score (nSPS) is 19.0. The van der Waals surface area contributed by atoms with E-state index in [4.69, 9.17) is 9.72 Å². The maximum atomic E-state index is 5.42. The summed E-state index contributed by atoms with van der Waals surface area (Å²) >= 11 is 1.67. The molecule has 9 heteroatoms. The van der Waals surface area contributed by atoms with Crippen molar-refractivity contribution in [3.8, 4) is 0 Å². The van der Waals surface area contributed by atoms with Crippen LogP contribution in [-0.2, 0) is 4.74 Å². The zero-order valence-electron chi connectivity index (χ0n) is 15.3. The molecule has 0 unspecified atom stereocenters. The number of nitrogens with zero attached hydrogens (tertiary/aromatic N) is 7. The van der Waals surface area contributed by atoms with Crippen LogP contribution in [0.3, 0.4) is 0 Å². The SMILES string of the molecule is Cc1nnc(N2CCC(N(C)c3ccnc(N4CCOCC4)n3)CC2)s1. The molecule has 0 bridgehead atoms. The molecule has 0 amide bonds. The number of aromatic nitrogens is 4. The van der Waals surface area contributed by atoms with E-state index >= 15 is 0 Å². The molecule has 2 aliphatic heterocycles. The van der Waals surface area contributed by atoms with Gasteiger partial charge in [0.15, 0.2) is 0 Å². The van der Waals surface area contributed by atoms with Crippen molar-refractivity contribution in [2.45, 2.75) is 25.8 Å². The monoisotopic (exact) mass is 375 g/mol. The molecule has 0 spiro atoms. The summed E-state index contributed by atoms with van der Waals surface area (Å²) in [5, 5.41) is 10.5. The maximum Gasteiger partial charge on any atom is 0.227 e. The molecule has 4 rings (SSSR count). The van der Waals surface area contributed by atoms with Crippen LogP contribution in [0, 0.1) is 6.92 Å². The number of aryl methyl sites for hydroxylation is 1. The van der Waals surface area contributed by atoms with Crippen molar-refractivity contribution in [3.63, 3.8) is 0 Å². The van der Waals surface area contributed by atoms with E-state index in [1.165, 1.54) is 0 Å². The molecule has 8 nitrogen and oxygen atoms in total. The number of piperidine rings is 1. The number of rotatable bonds is 4. The summed E-state index contributed by atoms with van der Waals surface area (Å²) in [4.78, 5) is 16.1. The highest BCUT2D eigenvalue weighted by Gasteiger charge is 2.25. The Balaban J connectivity index is 1.39. The van der Waals surface area contributed by atoms with E-state index in [-0.39, 0.29) is 0 Å². The largest absolute Gasteiger partial charge is 0.378 e. The van der Waals surface area contributed by atoms with Crippen LogP contribution in [0.1, 0.15) is 17.8 Å². The highest BCUT2D eigenvalue weighted by Crippen LogP contribution is 2.27. The molecular formula is C17H25N7OS. The summed E-state index contributed by atoms with van der Waals surface area (Å²) in [6.45, 7) is 7.21. The second kappa shape index (κ2) is 7.71. The third kappa shape index (κ3) is 3.73.